The van der Waals surface area contributed by atoms with Crippen molar-refractivity contribution in [3.63, 3.8) is 0 Å². The largest absolute Gasteiger partial charge is 0.484 e. The second-order valence-electron chi connectivity index (χ2n) is 5.95. The summed E-state index contributed by atoms with van der Waals surface area (Å²) in [5, 5.41) is 5.62. The molecule has 0 fully saturated rings. The van der Waals surface area contributed by atoms with Crippen molar-refractivity contribution >= 4 is 5.91 Å². The number of amides is 1. The first-order valence-electron chi connectivity index (χ1n) is 8.25. The lowest BCUT2D eigenvalue weighted by molar-refractivity contribution is -0.154. The highest BCUT2D eigenvalue weighted by molar-refractivity contribution is 5.97. The molecule has 2 rings (SSSR count). The molecule has 5 nitrogen and oxygen atoms in total. The third-order valence-electron chi connectivity index (χ3n) is 3.56. The molecule has 1 heterocycles. The monoisotopic (exact) mass is 412 g/mol. The molecule has 11 heteroatoms. The van der Waals surface area contributed by atoms with Crippen molar-refractivity contribution in [2.45, 2.75) is 24.8 Å². The number of benzene rings is 1. The number of ether oxygens (including phenoxy) is 2. The van der Waals surface area contributed by atoms with E-state index in [1.807, 2.05) is 12.2 Å². The molecule has 156 valence electrons. The first-order valence-corrected chi connectivity index (χ1v) is 8.25. The Morgan fingerprint density at radius 2 is 1.79 bits per heavy atom. The predicted molar refractivity (Wildman–Crippen MR) is 87.4 cm³/mol. The van der Waals surface area contributed by atoms with Gasteiger partial charge < -0.3 is 20.1 Å². The molecule has 1 atom stereocenters. The normalized spacial score (nSPS) is 17.3. The Hall–Kier alpha value is -2.43. The summed E-state index contributed by atoms with van der Waals surface area (Å²) in [5.74, 6) is -1.53. The minimum absolute atomic E-state index is 0.141. The first-order chi connectivity index (χ1) is 13.0. The van der Waals surface area contributed by atoms with Gasteiger partial charge in [0.15, 0.2) is 13.2 Å². The summed E-state index contributed by atoms with van der Waals surface area (Å²) in [6, 6.07) is 2.71. The van der Waals surface area contributed by atoms with Crippen LogP contribution in [0.15, 0.2) is 30.4 Å². The second kappa shape index (κ2) is 9.18. The highest BCUT2D eigenvalue weighted by atomic mass is 19.4. The van der Waals surface area contributed by atoms with Crippen LogP contribution >= 0.6 is 0 Å². The van der Waals surface area contributed by atoms with Crippen LogP contribution in [0.25, 0.3) is 0 Å². The van der Waals surface area contributed by atoms with Crippen LogP contribution in [0, 0.1) is 0 Å². The van der Waals surface area contributed by atoms with Crippen LogP contribution in [0.1, 0.15) is 16.8 Å². The topological polar surface area (TPSA) is 59.6 Å². The van der Waals surface area contributed by atoms with Gasteiger partial charge in [0.1, 0.15) is 11.5 Å². The fraction of sp³-hybridized carbons (Fsp3) is 0.471. The average molecular weight is 412 g/mol. The lowest BCUT2D eigenvalue weighted by Gasteiger charge is -2.20. The Morgan fingerprint density at radius 1 is 1.11 bits per heavy atom. The maximum absolute atomic E-state index is 12.4. The number of carbonyl (C=O) groups excluding carboxylic acids is 1. The van der Waals surface area contributed by atoms with Gasteiger partial charge in [-0.3, -0.25) is 4.79 Å². The van der Waals surface area contributed by atoms with Crippen molar-refractivity contribution in [1.82, 2.24) is 10.6 Å². The summed E-state index contributed by atoms with van der Waals surface area (Å²) < 4.78 is 83.3. The number of nitrogens with one attached hydrogen (secondary N) is 2. The van der Waals surface area contributed by atoms with Crippen molar-refractivity contribution in [1.29, 1.82) is 0 Å². The minimum Gasteiger partial charge on any atom is -0.484 e. The van der Waals surface area contributed by atoms with Crippen LogP contribution in [0.2, 0.25) is 0 Å². The fourth-order valence-electron chi connectivity index (χ4n) is 2.35. The molecule has 1 aliphatic heterocycles. The number of hydrogen-bond donors (Lipinski definition) is 2. The van der Waals surface area contributed by atoms with E-state index in [0.29, 0.717) is 6.54 Å². The van der Waals surface area contributed by atoms with Gasteiger partial charge in [-0.2, -0.15) is 26.3 Å². The Balaban J connectivity index is 2.13. The molecule has 1 amide bonds. The Kier molecular flexibility index (Phi) is 7.17. The van der Waals surface area contributed by atoms with Gasteiger partial charge in [0, 0.05) is 12.6 Å². The number of halogens is 6. The summed E-state index contributed by atoms with van der Waals surface area (Å²) >= 11 is 0. The zero-order valence-corrected chi connectivity index (χ0v) is 14.5. The third kappa shape index (κ3) is 7.67. The van der Waals surface area contributed by atoms with Crippen molar-refractivity contribution in [2.24, 2.45) is 0 Å². The van der Waals surface area contributed by atoms with Crippen molar-refractivity contribution < 1.29 is 40.6 Å². The lowest BCUT2D eigenvalue weighted by Crippen LogP contribution is -2.41. The summed E-state index contributed by atoms with van der Waals surface area (Å²) in [7, 11) is 0. The summed E-state index contributed by atoms with van der Waals surface area (Å²) in [6.07, 6.45) is -4.67. The third-order valence-corrected chi connectivity index (χ3v) is 3.56. The molecular formula is C17H18F6N2O3. The van der Waals surface area contributed by atoms with Gasteiger partial charge in [0.2, 0.25) is 0 Å². The van der Waals surface area contributed by atoms with Gasteiger partial charge in [0.05, 0.1) is 5.56 Å². The van der Waals surface area contributed by atoms with Crippen LogP contribution < -0.4 is 20.1 Å². The maximum Gasteiger partial charge on any atom is 0.422 e. The Bertz CT molecular complexity index is 703. The predicted octanol–water partition coefficient (Wildman–Crippen LogP) is 3.22. The van der Waals surface area contributed by atoms with Crippen molar-refractivity contribution in [3.05, 3.63) is 35.9 Å². The van der Waals surface area contributed by atoms with E-state index < -0.39 is 37.2 Å². The minimum atomic E-state index is -4.64. The zero-order valence-electron chi connectivity index (χ0n) is 14.5. The number of carbonyl (C=O) groups is 1. The van der Waals surface area contributed by atoms with Crippen LogP contribution in [0.5, 0.6) is 11.5 Å². The van der Waals surface area contributed by atoms with Gasteiger partial charge in [-0.1, -0.05) is 12.2 Å². The number of alkyl halides is 6. The molecule has 0 saturated heterocycles. The lowest BCUT2D eigenvalue weighted by atomic mass is 10.1. The zero-order chi connectivity index (χ0) is 20.8. The van der Waals surface area contributed by atoms with E-state index in [1.54, 1.807) is 0 Å². The molecule has 28 heavy (non-hydrogen) atoms. The van der Waals surface area contributed by atoms with Crippen molar-refractivity contribution in [3.8, 4) is 11.5 Å². The molecule has 1 aliphatic rings. The van der Waals surface area contributed by atoms with Crippen LogP contribution in [-0.2, 0) is 0 Å². The molecule has 0 saturated carbocycles. The summed E-state index contributed by atoms with van der Waals surface area (Å²) in [5.41, 5.74) is -0.358. The number of hydrogen-bond acceptors (Lipinski definition) is 4. The highest BCUT2D eigenvalue weighted by Crippen LogP contribution is 2.27. The van der Waals surface area contributed by atoms with Crippen LogP contribution in [0.4, 0.5) is 26.3 Å². The Morgan fingerprint density at radius 3 is 2.39 bits per heavy atom. The molecule has 0 spiro atoms. The fourth-order valence-corrected chi connectivity index (χ4v) is 2.35. The van der Waals surface area contributed by atoms with E-state index in [1.165, 1.54) is 0 Å². The SMILES string of the molecule is O=C(NC[C@H]1C=CCCN1)c1cc(OCC(F)(F)F)ccc1OCC(F)(F)F. The molecule has 1 aromatic carbocycles. The quantitative estimate of drug-likeness (QED) is 0.534. The molecule has 0 aliphatic carbocycles. The molecule has 0 radical (unpaired) electrons. The summed E-state index contributed by atoms with van der Waals surface area (Å²) in [6.45, 7) is -2.41. The van der Waals surface area contributed by atoms with E-state index in [-0.39, 0.29) is 23.9 Å². The molecule has 2 N–H and O–H groups in total. The van der Waals surface area contributed by atoms with Gasteiger partial charge in [-0.25, -0.2) is 0 Å². The van der Waals surface area contributed by atoms with Crippen molar-refractivity contribution in [2.75, 3.05) is 26.3 Å². The van der Waals surface area contributed by atoms with E-state index in [9.17, 15) is 31.1 Å². The Labute approximate surface area is 156 Å². The van der Waals surface area contributed by atoms with E-state index >= 15 is 0 Å². The number of rotatable bonds is 7. The van der Waals surface area contributed by atoms with E-state index in [4.69, 9.17) is 0 Å². The molecule has 0 aromatic heterocycles. The van der Waals surface area contributed by atoms with Crippen LogP contribution in [-0.4, -0.2) is 50.6 Å². The van der Waals surface area contributed by atoms with Gasteiger partial charge >= 0.3 is 12.4 Å². The first kappa shape index (κ1) is 21.9. The molecule has 0 unspecified atom stereocenters. The molecule has 1 aromatic rings. The molecule has 0 bridgehead atoms. The molecular weight excluding hydrogens is 394 g/mol. The van der Waals surface area contributed by atoms with E-state index in [2.05, 4.69) is 20.1 Å². The van der Waals surface area contributed by atoms with Crippen LogP contribution in [0.3, 0.4) is 0 Å². The van der Waals surface area contributed by atoms with E-state index in [0.717, 1.165) is 24.6 Å². The smallest absolute Gasteiger partial charge is 0.422 e. The van der Waals surface area contributed by atoms with Gasteiger partial charge in [-0.15, -0.1) is 0 Å². The maximum atomic E-state index is 12.4. The van der Waals surface area contributed by atoms with Gasteiger partial charge in [0.25, 0.3) is 5.91 Å². The average Bonchev–Trinajstić information content (AvgIpc) is 2.62. The van der Waals surface area contributed by atoms with Gasteiger partial charge in [-0.05, 0) is 31.2 Å². The standard InChI is InChI=1S/C17H18F6N2O3/c18-16(19,20)9-27-12-4-5-14(28-10-17(21,22)23)13(7-12)15(26)25-8-11-3-1-2-6-24-11/h1,3-5,7,11,24H,2,6,8-10H2,(H,25,26)/t11-/m1/s1. The second-order valence-corrected chi connectivity index (χ2v) is 5.95. The summed E-state index contributed by atoms with van der Waals surface area (Å²) in [4.78, 5) is 12.4. The highest BCUT2D eigenvalue weighted by Gasteiger charge is 2.30.